The molecular formula is C19H24N4O5S. The van der Waals surface area contributed by atoms with Crippen molar-refractivity contribution in [2.75, 3.05) is 26.2 Å². The van der Waals surface area contributed by atoms with Crippen molar-refractivity contribution in [1.29, 1.82) is 0 Å². The third kappa shape index (κ3) is 4.48. The number of nitrogens with one attached hydrogen (secondary N) is 1. The lowest BCUT2D eigenvalue weighted by molar-refractivity contribution is -0.132. The first-order valence-corrected chi connectivity index (χ1v) is 10.8. The lowest BCUT2D eigenvalue weighted by atomic mass is 10.1. The summed E-state index contributed by atoms with van der Waals surface area (Å²) in [6, 6.07) is 5.06. The fraction of sp³-hybridized carbons (Fsp3) is 0.421. The van der Waals surface area contributed by atoms with Crippen LogP contribution in [-0.2, 0) is 21.4 Å². The first-order chi connectivity index (χ1) is 13.7. The first kappa shape index (κ1) is 21.0. The molecule has 10 heteroatoms. The number of hydrogen-bond donors (Lipinski definition) is 1. The summed E-state index contributed by atoms with van der Waals surface area (Å²) in [6.07, 6.45) is 2.84. The molecule has 1 aliphatic rings. The fourth-order valence-corrected chi connectivity index (χ4v) is 4.72. The van der Waals surface area contributed by atoms with E-state index in [-0.39, 0.29) is 49.9 Å². The number of aromatic amines is 1. The SMILES string of the molecule is Cc1ccc(S(=O)(=O)N2CCN(C(=O)CCn3cc[nH]c(=O)c3=O)CC2)cc1C. The summed E-state index contributed by atoms with van der Waals surface area (Å²) in [6.45, 7) is 4.90. The van der Waals surface area contributed by atoms with Crippen LogP contribution >= 0.6 is 0 Å². The Bertz CT molecular complexity index is 1130. The number of piperazine rings is 1. The van der Waals surface area contributed by atoms with Crippen LogP contribution in [0.3, 0.4) is 0 Å². The second-order valence-corrected chi connectivity index (χ2v) is 9.01. The van der Waals surface area contributed by atoms with Crippen molar-refractivity contribution in [1.82, 2.24) is 18.8 Å². The lowest BCUT2D eigenvalue weighted by Crippen LogP contribution is -2.50. The molecule has 2 heterocycles. The summed E-state index contributed by atoms with van der Waals surface area (Å²) < 4.78 is 28.3. The van der Waals surface area contributed by atoms with Gasteiger partial charge in [-0.05, 0) is 37.1 Å². The van der Waals surface area contributed by atoms with E-state index in [0.29, 0.717) is 0 Å². The molecule has 1 N–H and O–H groups in total. The van der Waals surface area contributed by atoms with Gasteiger partial charge in [-0.25, -0.2) is 8.42 Å². The van der Waals surface area contributed by atoms with Crippen molar-refractivity contribution in [3.8, 4) is 0 Å². The van der Waals surface area contributed by atoms with Gasteiger partial charge < -0.3 is 14.5 Å². The Hall–Kier alpha value is -2.72. The minimum absolute atomic E-state index is 0.0628. The highest BCUT2D eigenvalue weighted by Crippen LogP contribution is 2.20. The maximum atomic E-state index is 12.9. The predicted octanol–water partition coefficient (Wildman–Crippen LogP) is 0.0766. The van der Waals surface area contributed by atoms with Gasteiger partial charge in [0.15, 0.2) is 0 Å². The van der Waals surface area contributed by atoms with Crippen molar-refractivity contribution in [2.24, 2.45) is 0 Å². The average Bonchev–Trinajstić information content (AvgIpc) is 2.71. The third-order valence-corrected chi connectivity index (χ3v) is 7.09. The van der Waals surface area contributed by atoms with Crippen molar-refractivity contribution >= 4 is 15.9 Å². The van der Waals surface area contributed by atoms with Gasteiger partial charge in [0, 0.05) is 51.5 Å². The molecule has 0 radical (unpaired) electrons. The summed E-state index contributed by atoms with van der Waals surface area (Å²) in [5.41, 5.74) is 0.503. The number of aromatic nitrogens is 2. The molecule has 1 fully saturated rings. The van der Waals surface area contributed by atoms with Crippen LogP contribution in [0.2, 0.25) is 0 Å². The third-order valence-electron chi connectivity index (χ3n) is 5.20. The molecule has 0 bridgehead atoms. The zero-order valence-electron chi connectivity index (χ0n) is 16.4. The Morgan fingerprint density at radius 1 is 1.07 bits per heavy atom. The molecular weight excluding hydrogens is 396 g/mol. The number of benzene rings is 1. The van der Waals surface area contributed by atoms with E-state index >= 15 is 0 Å². The topological polar surface area (TPSA) is 113 Å². The van der Waals surface area contributed by atoms with Gasteiger partial charge in [0.25, 0.3) is 0 Å². The number of nitrogens with zero attached hydrogens (tertiary/aromatic N) is 3. The minimum Gasteiger partial charge on any atom is -0.340 e. The zero-order chi connectivity index (χ0) is 21.2. The van der Waals surface area contributed by atoms with Crippen LogP contribution in [0.5, 0.6) is 0 Å². The second-order valence-electron chi connectivity index (χ2n) is 7.07. The number of hydrogen-bond acceptors (Lipinski definition) is 5. The smallest absolute Gasteiger partial charge is 0.316 e. The highest BCUT2D eigenvalue weighted by atomic mass is 32.2. The van der Waals surface area contributed by atoms with Crippen LogP contribution in [0.4, 0.5) is 0 Å². The molecule has 0 saturated carbocycles. The second kappa shape index (κ2) is 8.34. The van der Waals surface area contributed by atoms with E-state index in [9.17, 15) is 22.8 Å². The van der Waals surface area contributed by atoms with Crippen molar-refractivity contribution in [3.63, 3.8) is 0 Å². The van der Waals surface area contributed by atoms with Crippen LogP contribution in [0.15, 0.2) is 45.1 Å². The number of carbonyl (C=O) groups excluding carboxylic acids is 1. The molecule has 29 heavy (non-hydrogen) atoms. The molecule has 1 aromatic carbocycles. The van der Waals surface area contributed by atoms with Crippen LogP contribution in [0, 0.1) is 13.8 Å². The molecule has 0 atom stereocenters. The highest BCUT2D eigenvalue weighted by molar-refractivity contribution is 7.89. The van der Waals surface area contributed by atoms with Gasteiger partial charge in [0.05, 0.1) is 4.90 Å². The molecule has 1 aromatic heterocycles. The molecule has 0 aliphatic carbocycles. The van der Waals surface area contributed by atoms with Gasteiger partial charge >= 0.3 is 11.1 Å². The summed E-state index contributed by atoms with van der Waals surface area (Å²) in [4.78, 5) is 39.6. The van der Waals surface area contributed by atoms with Crippen LogP contribution < -0.4 is 11.1 Å². The lowest BCUT2D eigenvalue weighted by Gasteiger charge is -2.34. The van der Waals surface area contributed by atoms with Gasteiger partial charge in [-0.2, -0.15) is 4.31 Å². The summed E-state index contributed by atoms with van der Waals surface area (Å²) in [7, 11) is -3.60. The quantitative estimate of drug-likeness (QED) is 0.688. The minimum atomic E-state index is -3.60. The van der Waals surface area contributed by atoms with Crippen LogP contribution in [0.25, 0.3) is 0 Å². The van der Waals surface area contributed by atoms with Crippen LogP contribution in [0.1, 0.15) is 17.5 Å². The van der Waals surface area contributed by atoms with E-state index in [1.54, 1.807) is 23.1 Å². The van der Waals surface area contributed by atoms with Crippen molar-refractivity contribution < 1.29 is 13.2 Å². The number of rotatable bonds is 5. The van der Waals surface area contributed by atoms with E-state index in [2.05, 4.69) is 4.98 Å². The maximum Gasteiger partial charge on any atom is 0.316 e. The maximum absolute atomic E-state index is 12.9. The highest BCUT2D eigenvalue weighted by Gasteiger charge is 2.30. The molecule has 1 aliphatic heterocycles. The van der Waals surface area contributed by atoms with Gasteiger partial charge in [0.2, 0.25) is 15.9 Å². The molecule has 1 amide bonds. The summed E-state index contributed by atoms with van der Waals surface area (Å²) in [5.74, 6) is -0.180. The van der Waals surface area contributed by atoms with Crippen molar-refractivity contribution in [3.05, 3.63) is 62.4 Å². The zero-order valence-corrected chi connectivity index (χ0v) is 17.2. The number of carbonyl (C=O) groups is 1. The fourth-order valence-electron chi connectivity index (χ4n) is 3.21. The number of sulfonamides is 1. The largest absolute Gasteiger partial charge is 0.340 e. The molecule has 9 nitrogen and oxygen atoms in total. The molecule has 0 spiro atoms. The van der Waals surface area contributed by atoms with E-state index in [1.807, 2.05) is 13.8 Å². The Balaban J connectivity index is 1.60. The average molecular weight is 420 g/mol. The van der Waals surface area contributed by atoms with Gasteiger partial charge in [-0.3, -0.25) is 14.4 Å². The Labute approximate surface area is 168 Å². The summed E-state index contributed by atoms with van der Waals surface area (Å²) >= 11 is 0. The summed E-state index contributed by atoms with van der Waals surface area (Å²) in [5, 5.41) is 0. The Morgan fingerprint density at radius 3 is 2.41 bits per heavy atom. The molecule has 156 valence electrons. The van der Waals surface area contributed by atoms with Gasteiger partial charge in [-0.15, -0.1) is 0 Å². The molecule has 3 rings (SSSR count). The van der Waals surface area contributed by atoms with Crippen LogP contribution in [-0.4, -0.2) is 59.3 Å². The van der Waals surface area contributed by atoms with E-state index in [1.165, 1.54) is 21.3 Å². The van der Waals surface area contributed by atoms with E-state index < -0.39 is 21.1 Å². The molecule has 1 saturated heterocycles. The normalized spacial score (nSPS) is 15.4. The standard InChI is InChI=1S/C19H24N4O5S/c1-14-3-4-16(13-15(14)2)29(27,28)23-11-9-21(10-12-23)17(24)5-7-22-8-6-20-18(25)19(22)26/h3-4,6,8,13H,5,7,9-12H2,1-2H3,(H,20,25). The first-order valence-electron chi connectivity index (χ1n) is 9.33. The van der Waals surface area contributed by atoms with Gasteiger partial charge in [-0.1, -0.05) is 6.07 Å². The Kier molecular flexibility index (Phi) is 6.04. The molecule has 2 aromatic rings. The van der Waals surface area contributed by atoms with E-state index in [0.717, 1.165) is 11.1 Å². The van der Waals surface area contributed by atoms with Gasteiger partial charge in [0.1, 0.15) is 0 Å². The molecule has 0 unspecified atom stereocenters. The monoisotopic (exact) mass is 420 g/mol. The Morgan fingerprint density at radius 2 is 1.76 bits per heavy atom. The number of amides is 1. The number of aryl methyl sites for hydroxylation is 3. The predicted molar refractivity (Wildman–Crippen MR) is 107 cm³/mol. The number of H-pyrrole nitrogens is 1. The van der Waals surface area contributed by atoms with Crippen molar-refractivity contribution in [2.45, 2.75) is 31.7 Å². The van der Waals surface area contributed by atoms with E-state index in [4.69, 9.17) is 0 Å².